The van der Waals surface area contributed by atoms with E-state index in [0.717, 1.165) is 17.8 Å². The monoisotopic (exact) mass is 292 g/mol. The van der Waals surface area contributed by atoms with Crippen LogP contribution in [-0.2, 0) is 14.8 Å². The number of ether oxygens (including phenoxy) is 1. The summed E-state index contributed by atoms with van der Waals surface area (Å²) in [5.74, 6) is 0.593. The number of nitrogens with two attached hydrogens (primary N) is 1. The van der Waals surface area contributed by atoms with E-state index in [1.807, 2.05) is 0 Å². The van der Waals surface area contributed by atoms with Crippen LogP contribution in [0.25, 0.3) is 0 Å². The molecule has 1 aromatic heterocycles. The molecule has 104 valence electrons. The first-order valence-electron chi connectivity index (χ1n) is 5.83. The highest BCUT2D eigenvalue weighted by Crippen LogP contribution is 2.20. The largest absolute Gasteiger partial charge is 0.398 e. The van der Waals surface area contributed by atoms with Gasteiger partial charge in [-0.25, -0.2) is 13.1 Å². The minimum absolute atomic E-state index is 0.238. The fraction of sp³-hybridized carbons (Fsp3) is 0.636. The van der Waals surface area contributed by atoms with Crippen molar-refractivity contribution in [2.24, 2.45) is 5.92 Å². The molecule has 7 heteroatoms. The lowest BCUT2D eigenvalue weighted by Gasteiger charge is -2.07. The van der Waals surface area contributed by atoms with Gasteiger partial charge in [-0.2, -0.15) is 0 Å². The van der Waals surface area contributed by atoms with Crippen molar-refractivity contribution < 1.29 is 13.2 Å². The Bertz CT molecular complexity index is 455. The Labute approximate surface area is 112 Å². The van der Waals surface area contributed by atoms with Crippen molar-refractivity contribution in [1.29, 1.82) is 0 Å². The molecule has 0 unspecified atom stereocenters. The summed E-state index contributed by atoms with van der Waals surface area (Å²) in [5.41, 5.74) is 5.96. The van der Waals surface area contributed by atoms with Crippen LogP contribution < -0.4 is 10.5 Å². The number of rotatable bonds is 8. The lowest BCUT2D eigenvalue weighted by molar-refractivity contribution is 0.128. The first-order valence-corrected chi connectivity index (χ1v) is 8.19. The topological polar surface area (TPSA) is 81.4 Å². The second-order valence-corrected chi connectivity index (χ2v) is 7.30. The van der Waals surface area contributed by atoms with Gasteiger partial charge in [0.1, 0.15) is 4.21 Å². The molecule has 0 saturated carbocycles. The average molecular weight is 292 g/mol. The molecule has 1 heterocycles. The number of anilines is 1. The number of hydrogen-bond acceptors (Lipinski definition) is 5. The van der Waals surface area contributed by atoms with Gasteiger partial charge in [-0.15, -0.1) is 11.3 Å². The second kappa shape index (κ2) is 7.08. The Hall–Kier alpha value is -0.630. The van der Waals surface area contributed by atoms with Crippen molar-refractivity contribution in [1.82, 2.24) is 4.72 Å². The molecule has 3 N–H and O–H groups in total. The van der Waals surface area contributed by atoms with Crippen LogP contribution in [-0.4, -0.2) is 28.2 Å². The molecular formula is C11H20N2O3S2. The summed E-state index contributed by atoms with van der Waals surface area (Å²) in [4.78, 5) is 0. The van der Waals surface area contributed by atoms with Crippen molar-refractivity contribution >= 4 is 27.0 Å². The lowest BCUT2D eigenvalue weighted by atomic mass is 10.1. The van der Waals surface area contributed by atoms with Crippen LogP contribution in [0, 0.1) is 5.92 Å². The first-order chi connectivity index (χ1) is 8.42. The molecule has 18 heavy (non-hydrogen) atoms. The minimum atomic E-state index is -3.43. The Morgan fingerprint density at radius 1 is 1.44 bits per heavy atom. The van der Waals surface area contributed by atoms with Crippen LogP contribution in [0.5, 0.6) is 0 Å². The third-order valence-electron chi connectivity index (χ3n) is 2.24. The Balaban J connectivity index is 2.26. The van der Waals surface area contributed by atoms with E-state index in [9.17, 15) is 8.42 Å². The third-order valence-corrected chi connectivity index (χ3v) is 5.16. The highest BCUT2D eigenvalue weighted by Gasteiger charge is 2.15. The Kier molecular flexibility index (Phi) is 6.07. The molecule has 0 atom stereocenters. The van der Waals surface area contributed by atoms with E-state index in [4.69, 9.17) is 10.5 Å². The molecule has 0 aliphatic heterocycles. The Morgan fingerprint density at radius 3 is 2.72 bits per heavy atom. The predicted octanol–water partition coefficient (Wildman–Crippen LogP) is 1.67. The fourth-order valence-corrected chi connectivity index (χ4v) is 3.35. The molecule has 0 radical (unpaired) electrons. The number of nitrogens with one attached hydrogen (secondary N) is 1. The molecule has 0 aromatic carbocycles. The van der Waals surface area contributed by atoms with E-state index in [1.165, 1.54) is 6.07 Å². The van der Waals surface area contributed by atoms with Crippen molar-refractivity contribution in [3.05, 3.63) is 11.4 Å². The van der Waals surface area contributed by atoms with Crippen LogP contribution in [0.1, 0.15) is 20.3 Å². The van der Waals surface area contributed by atoms with E-state index >= 15 is 0 Å². The zero-order valence-electron chi connectivity index (χ0n) is 10.7. The van der Waals surface area contributed by atoms with Crippen LogP contribution in [0.2, 0.25) is 0 Å². The summed E-state index contributed by atoms with van der Waals surface area (Å²) in [7, 11) is -3.43. The molecule has 0 aliphatic carbocycles. The quantitative estimate of drug-likeness (QED) is 0.714. The van der Waals surface area contributed by atoms with Gasteiger partial charge < -0.3 is 10.5 Å². The molecule has 0 fully saturated rings. The molecule has 0 saturated heterocycles. The van der Waals surface area contributed by atoms with Gasteiger partial charge in [0.2, 0.25) is 10.0 Å². The van der Waals surface area contributed by atoms with Crippen molar-refractivity contribution in [3.8, 4) is 0 Å². The van der Waals surface area contributed by atoms with Crippen LogP contribution >= 0.6 is 11.3 Å². The summed E-state index contributed by atoms with van der Waals surface area (Å²) in [6, 6.07) is 1.45. The first kappa shape index (κ1) is 15.4. The maximum Gasteiger partial charge on any atom is 0.250 e. The standard InChI is InChI=1S/C11H20N2O3S2/c1-9(2)3-5-16-6-4-13-18(14,15)11-7-10(12)8-17-11/h7-9,13H,3-6,12H2,1-2H3. The maximum atomic E-state index is 11.8. The molecule has 0 amide bonds. The smallest absolute Gasteiger partial charge is 0.250 e. The van der Waals surface area contributed by atoms with Crippen molar-refractivity contribution in [3.63, 3.8) is 0 Å². The second-order valence-electron chi connectivity index (χ2n) is 4.39. The molecule has 0 aliphatic rings. The molecular weight excluding hydrogens is 272 g/mol. The summed E-state index contributed by atoms with van der Waals surface area (Å²) in [5, 5.41) is 1.60. The SMILES string of the molecule is CC(C)CCOCCNS(=O)(=O)c1cc(N)cs1. The van der Waals surface area contributed by atoms with Gasteiger partial charge in [0.15, 0.2) is 0 Å². The molecule has 1 aromatic rings. The highest BCUT2D eigenvalue weighted by molar-refractivity contribution is 7.91. The van der Waals surface area contributed by atoms with E-state index in [-0.39, 0.29) is 10.8 Å². The summed E-state index contributed by atoms with van der Waals surface area (Å²) in [6.07, 6.45) is 0.980. The van der Waals surface area contributed by atoms with Crippen molar-refractivity contribution in [2.75, 3.05) is 25.5 Å². The van der Waals surface area contributed by atoms with Gasteiger partial charge >= 0.3 is 0 Å². The average Bonchev–Trinajstić information content (AvgIpc) is 2.70. The fourth-order valence-electron chi connectivity index (χ4n) is 1.21. The zero-order chi connectivity index (χ0) is 13.6. The van der Waals surface area contributed by atoms with Gasteiger partial charge in [-0.1, -0.05) is 13.8 Å². The van der Waals surface area contributed by atoms with Gasteiger partial charge in [-0.05, 0) is 18.4 Å². The molecule has 0 spiro atoms. The number of hydrogen-bond donors (Lipinski definition) is 2. The predicted molar refractivity (Wildman–Crippen MR) is 74.2 cm³/mol. The number of nitrogen functional groups attached to an aromatic ring is 1. The maximum absolute atomic E-state index is 11.8. The highest BCUT2D eigenvalue weighted by atomic mass is 32.2. The number of sulfonamides is 1. The van der Waals surface area contributed by atoms with Crippen molar-refractivity contribution in [2.45, 2.75) is 24.5 Å². The molecule has 1 rings (SSSR count). The van der Waals surface area contributed by atoms with Gasteiger partial charge in [-0.3, -0.25) is 0 Å². The van der Waals surface area contributed by atoms with E-state index in [0.29, 0.717) is 24.8 Å². The van der Waals surface area contributed by atoms with E-state index in [1.54, 1.807) is 5.38 Å². The lowest BCUT2D eigenvalue weighted by Crippen LogP contribution is -2.27. The summed E-state index contributed by atoms with van der Waals surface area (Å²) in [6.45, 7) is 5.55. The summed E-state index contributed by atoms with van der Waals surface area (Å²) < 4.78 is 31.6. The normalized spacial score (nSPS) is 12.2. The molecule has 0 bridgehead atoms. The van der Waals surface area contributed by atoms with Gasteiger partial charge in [0, 0.05) is 24.2 Å². The summed E-state index contributed by atoms with van der Waals surface area (Å²) >= 11 is 1.11. The van der Waals surface area contributed by atoms with E-state index in [2.05, 4.69) is 18.6 Å². The van der Waals surface area contributed by atoms with E-state index < -0.39 is 10.0 Å². The van der Waals surface area contributed by atoms with Crippen LogP contribution in [0.15, 0.2) is 15.7 Å². The van der Waals surface area contributed by atoms with Crippen LogP contribution in [0.4, 0.5) is 5.69 Å². The third kappa shape index (κ3) is 5.34. The Morgan fingerprint density at radius 2 is 2.17 bits per heavy atom. The van der Waals surface area contributed by atoms with Gasteiger partial charge in [0.05, 0.1) is 6.61 Å². The number of thiophene rings is 1. The minimum Gasteiger partial charge on any atom is -0.398 e. The zero-order valence-corrected chi connectivity index (χ0v) is 12.3. The van der Waals surface area contributed by atoms with Crippen LogP contribution in [0.3, 0.4) is 0 Å². The molecule has 5 nitrogen and oxygen atoms in total. The van der Waals surface area contributed by atoms with Gasteiger partial charge in [0.25, 0.3) is 0 Å².